The van der Waals surface area contributed by atoms with Gasteiger partial charge in [-0.1, -0.05) is 32.0 Å². The first-order valence-electron chi connectivity index (χ1n) is 11.8. The van der Waals surface area contributed by atoms with Crippen LogP contribution in [0.4, 0.5) is 0 Å². The number of aromatic nitrogens is 1. The monoisotopic (exact) mass is 476 g/mol. The number of Topliss-reactive ketones (excluding diaryl/α,β-unsaturated/α-hetero) is 1. The molecule has 2 N–H and O–H groups in total. The second-order valence-corrected chi connectivity index (χ2v) is 9.19. The van der Waals surface area contributed by atoms with E-state index in [1.54, 1.807) is 19.1 Å². The van der Waals surface area contributed by atoms with Gasteiger partial charge in [0.2, 0.25) is 0 Å². The molecule has 7 nitrogen and oxygen atoms in total. The van der Waals surface area contributed by atoms with Gasteiger partial charge in [0.15, 0.2) is 0 Å². The molecule has 0 radical (unpaired) electrons. The van der Waals surface area contributed by atoms with Crippen molar-refractivity contribution in [3.8, 4) is 5.75 Å². The highest BCUT2D eigenvalue weighted by molar-refractivity contribution is 6.46. The summed E-state index contributed by atoms with van der Waals surface area (Å²) in [5.74, 6) is -0.611. The number of ketones is 1. The molecule has 0 saturated carbocycles. The molecule has 7 heteroatoms. The van der Waals surface area contributed by atoms with Crippen LogP contribution in [0.1, 0.15) is 54.5 Å². The summed E-state index contributed by atoms with van der Waals surface area (Å²) in [6.07, 6.45) is 2.39. The van der Waals surface area contributed by atoms with Crippen molar-refractivity contribution in [2.45, 2.75) is 39.2 Å². The second-order valence-electron chi connectivity index (χ2n) is 9.19. The van der Waals surface area contributed by atoms with E-state index in [0.29, 0.717) is 25.1 Å². The second kappa shape index (κ2) is 9.96. The van der Waals surface area contributed by atoms with Crippen molar-refractivity contribution in [1.29, 1.82) is 0 Å². The van der Waals surface area contributed by atoms with Gasteiger partial charge in [-0.2, -0.15) is 0 Å². The van der Waals surface area contributed by atoms with E-state index >= 15 is 0 Å². The molecule has 1 aromatic heterocycles. The van der Waals surface area contributed by atoms with Crippen molar-refractivity contribution in [2.75, 3.05) is 27.4 Å². The van der Waals surface area contributed by atoms with Gasteiger partial charge < -0.3 is 24.5 Å². The van der Waals surface area contributed by atoms with Crippen LogP contribution < -0.4 is 4.74 Å². The van der Waals surface area contributed by atoms with Gasteiger partial charge in [-0.05, 0) is 48.6 Å². The molecule has 1 amide bonds. The van der Waals surface area contributed by atoms with E-state index in [0.717, 1.165) is 33.3 Å². The average molecular weight is 477 g/mol. The quantitative estimate of drug-likeness (QED) is 0.205. The highest BCUT2D eigenvalue weighted by atomic mass is 16.5. The number of H-pyrrole nitrogens is 1. The predicted molar refractivity (Wildman–Crippen MR) is 136 cm³/mol. The van der Waals surface area contributed by atoms with E-state index in [9.17, 15) is 14.7 Å². The van der Waals surface area contributed by atoms with Crippen LogP contribution in [0.5, 0.6) is 5.75 Å². The topological polar surface area (TPSA) is 91.9 Å². The fraction of sp³-hybridized carbons (Fsp3) is 0.357. The fourth-order valence-corrected chi connectivity index (χ4v) is 4.86. The molecule has 35 heavy (non-hydrogen) atoms. The van der Waals surface area contributed by atoms with Crippen molar-refractivity contribution in [3.05, 3.63) is 70.4 Å². The van der Waals surface area contributed by atoms with E-state index in [2.05, 4.69) is 4.98 Å². The Morgan fingerprint density at radius 3 is 2.60 bits per heavy atom. The number of aryl methyl sites for hydroxylation is 1. The molecule has 1 fully saturated rings. The van der Waals surface area contributed by atoms with Crippen LogP contribution in [0.3, 0.4) is 0 Å². The van der Waals surface area contributed by atoms with Crippen molar-refractivity contribution in [2.24, 2.45) is 0 Å². The summed E-state index contributed by atoms with van der Waals surface area (Å²) >= 11 is 0. The van der Waals surface area contributed by atoms with E-state index < -0.39 is 17.7 Å². The number of hydrogen-bond acceptors (Lipinski definition) is 5. The van der Waals surface area contributed by atoms with E-state index in [1.165, 1.54) is 0 Å². The molecule has 4 rings (SSSR count). The van der Waals surface area contributed by atoms with E-state index in [1.807, 2.05) is 63.4 Å². The lowest BCUT2D eigenvalue weighted by Gasteiger charge is -2.25. The van der Waals surface area contributed by atoms with Crippen LogP contribution in [-0.2, 0) is 14.3 Å². The third-order valence-electron chi connectivity index (χ3n) is 6.66. The van der Waals surface area contributed by atoms with Crippen molar-refractivity contribution in [1.82, 2.24) is 9.88 Å². The van der Waals surface area contributed by atoms with Gasteiger partial charge >= 0.3 is 0 Å². The Balaban J connectivity index is 1.94. The molecule has 1 aliphatic rings. The number of carbonyl (C=O) groups excluding carboxylic acids is 2. The summed E-state index contributed by atoms with van der Waals surface area (Å²) < 4.78 is 10.7. The number of aromatic amines is 1. The smallest absolute Gasteiger partial charge is 0.295 e. The van der Waals surface area contributed by atoms with Crippen LogP contribution >= 0.6 is 0 Å². The van der Waals surface area contributed by atoms with Gasteiger partial charge in [0.05, 0.1) is 18.7 Å². The number of benzene rings is 2. The fourth-order valence-electron chi connectivity index (χ4n) is 4.86. The van der Waals surface area contributed by atoms with Gasteiger partial charge in [-0.3, -0.25) is 9.59 Å². The zero-order chi connectivity index (χ0) is 25.3. The summed E-state index contributed by atoms with van der Waals surface area (Å²) in [5, 5.41) is 12.5. The number of aliphatic hydroxyl groups excluding tert-OH is 1. The summed E-state index contributed by atoms with van der Waals surface area (Å²) in [5.41, 5.74) is 3.96. The van der Waals surface area contributed by atoms with Gasteiger partial charge in [0, 0.05) is 48.5 Å². The Morgan fingerprint density at radius 2 is 1.91 bits per heavy atom. The maximum absolute atomic E-state index is 13.4. The Labute approximate surface area is 205 Å². The van der Waals surface area contributed by atoms with E-state index in [-0.39, 0.29) is 17.3 Å². The Morgan fingerprint density at radius 1 is 1.17 bits per heavy atom. The molecule has 1 atom stereocenters. The molecule has 0 aliphatic carbocycles. The molecule has 1 unspecified atom stereocenters. The number of methoxy groups -OCH3 is 2. The zero-order valence-corrected chi connectivity index (χ0v) is 20.8. The Bertz CT molecular complexity index is 1300. The zero-order valence-electron chi connectivity index (χ0n) is 20.8. The highest BCUT2D eigenvalue weighted by Gasteiger charge is 2.46. The standard InChI is InChI=1S/C28H32N2O5/c1-16(2)19-14-20(17(3)13-23(19)35-5)26(31)24-25(21-15-29-22-10-7-6-9-18(21)22)30(11-8-12-34-4)28(33)27(24)32/h6-7,9-10,13-16,25,29,31H,8,11-12H2,1-5H3/b26-24+. The molecule has 3 aromatic rings. The largest absolute Gasteiger partial charge is 0.507 e. The number of carbonyl (C=O) groups is 2. The third-order valence-corrected chi connectivity index (χ3v) is 6.66. The van der Waals surface area contributed by atoms with Gasteiger partial charge in [-0.15, -0.1) is 0 Å². The minimum atomic E-state index is -0.716. The summed E-state index contributed by atoms with van der Waals surface area (Å²) in [6.45, 7) is 6.73. The number of hydrogen-bond donors (Lipinski definition) is 2. The molecule has 1 aliphatic heterocycles. The number of likely N-dealkylation sites (tertiary alicyclic amines) is 1. The molecule has 1 saturated heterocycles. The molecule has 2 heterocycles. The first-order chi connectivity index (χ1) is 16.8. The molecule has 0 spiro atoms. The average Bonchev–Trinajstić information content (AvgIpc) is 3.37. The molecule has 2 aromatic carbocycles. The number of rotatable bonds is 8. The lowest BCUT2D eigenvalue weighted by atomic mass is 9.91. The number of nitrogens with one attached hydrogen (secondary N) is 1. The van der Waals surface area contributed by atoms with Crippen LogP contribution in [0.2, 0.25) is 0 Å². The number of fused-ring (bicyclic) bond motifs is 1. The molecule has 0 bridgehead atoms. The minimum Gasteiger partial charge on any atom is -0.507 e. The number of amides is 1. The van der Waals surface area contributed by atoms with Gasteiger partial charge in [0.1, 0.15) is 11.5 Å². The SMILES string of the molecule is COCCCN1C(=O)C(=O)/C(=C(/O)c2cc(C(C)C)c(OC)cc2C)C1c1c[nH]c2ccccc12. The maximum atomic E-state index is 13.4. The summed E-state index contributed by atoms with van der Waals surface area (Å²) in [6, 6.07) is 10.7. The first-order valence-corrected chi connectivity index (χ1v) is 11.8. The summed E-state index contributed by atoms with van der Waals surface area (Å²) in [7, 11) is 3.22. The molecule has 184 valence electrons. The Kier molecular flexibility index (Phi) is 6.98. The van der Waals surface area contributed by atoms with Crippen molar-refractivity contribution < 1.29 is 24.2 Å². The molecular weight excluding hydrogens is 444 g/mol. The van der Waals surface area contributed by atoms with Crippen LogP contribution in [-0.4, -0.2) is 54.1 Å². The molecular formula is C28H32N2O5. The third kappa shape index (κ3) is 4.32. The van der Waals surface area contributed by atoms with Crippen LogP contribution in [0, 0.1) is 6.92 Å². The van der Waals surface area contributed by atoms with Crippen molar-refractivity contribution in [3.63, 3.8) is 0 Å². The van der Waals surface area contributed by atoms with Gasteiger partial charge in [-0.25, -0.2) is 0 Å². The maximum Gasteiger partial charge on any atom is 0.295 e. The Hall–Kier alpha value is -3.58. The minimum absolute atomic E-state index is 0.0974. The number of para-hydroxylation sites is 1. The lowest BCUT2D eigenvalue weighted by Crippen LogP contribution is -2.31. The van der Waals surface area contributed by atoms with Crippen LogP contribution in [0.25, 0.3) is 16.7 Å². The van der Waals surface area contributed by atoms with E-state index in [4.69, 9.17) is 9.47 Å². The van der Waals surface area contributed by atoms with Crippen molar-refractivity contribution >= 4 is 28.4 Å². The van der Waals surface area contributed by atoms with Gasteiger partial charge in [0.25, 0.3) is 11.7 Å². The van der Waals surface area contributed by atoms with Crippen LogP contribution in [0.15, 0.2) is 48.2 Å². The number of nitrogens with zero attached hydrogens (tertiary/aromatic N) is 1. The predicted octanol–water partition coefficient (Wildman–Crippen LogP) is 5.07. The number of ether oxygens (including phenoxy) is 2. The lowest BCUT2D eigenvalue weighted by molar-refractivity contribution is -0.140. The normalized spacial score (nSPS) is 17.7. The summed E-state index contributed by atoms with van der Waals surface area (Å²) in [4.78, 5) is 31.4. The highest BCUT2D eigenvalue weighted by Crippen LogP contribution is 2.43. The number of aliphatic hydroxyl groups is 1. The first kappa shape index (κ1) is 24.5.